The van der Waals surface area contributed by atoms with Gasteiger partial charge < -0.3 is 15.1 Å². The number of hydrogen-bond acceptors (Lipinski definition) is 3. The van der Waals surface area contributed by atoms with Crippen molar-refractivity contribution in [2.24, 2.45) is 5.92 Å². The van der Waals surface area contributed by atoms with Crippen molar-refractivity contribution in [2.45, 2.75) is 27.3 Å². The summed E-state index contributed by atoms with van der Waals surface area (Å²) >= 11 is 0. The monoisotopic (exact) mass is 443 g/mol. The normalized spacial score (nSPS) is 10.7. The van der Waals surface area contributed by atoms with Crippen LogP contribution in [0.5, 0.6) is 0 Å². The highest BCUT2D eigenvalue weighted by Gasteiger charge is 2.20. The molecule has 0 unspecified atom stereocenters. The SMILES string of the molecule is Cc1cccc(C(=O)N(Cc2cc(NC(=O)c3ccccc3)ccc2N(C)C)CC(C)C)c1. The summed E-state index contributed by atoms with van der Waals surface area (Å²) in [4.78, 5) is 30.0. The van der Waals surface area contributed by atoms with Gasteiger partial charge in [0.1, 0.15) is 0 Å². The van der Waals surface area contributed by atoms with E-state index >= 15 is 0 Å². The maximum Gasteiger partial charge on any atom is 0.255 e. The maximum absolute atomic E-state index is 13.4. The zero-order valence-corrected chi connectivity index (χ0v) is 20.1. The minimum absolute atomic E-state index is 0.0100. The fourth-order valence-corrected chi connectivity index (χ4v) is 3.85. The van der Waals surface area contributed by atoms with Crippen LogP contribution in [-0.4, -0.2) is 37.4 Å². The first-order valence-electron chi connectivity index (χ1n) is 11.3. The highest BCUT2D eigenvalue weighted by Crippen LogP contribution is 2.26. The third-order valence-electron chi connectivity index (χ3n) is 5.35. The molecular formula is C28H33N3O2. The molecule has 0 heterocycles. The maximum atomic E-state index is 13.4. The lowest BCUT2D eigenvalue weighted by Gasteiger charge is -2.28. The first-order chi connectivity index (χ1) is 15.7. The predicted octanol–water partition coefficient (Wildman–Crippen LogP) is 5.61. The molecule has 3 aromatic carbocycles. The first-order valence-corrected chi connectivity index (χ1v) is 11.3. The third kappa shape index (κ3) is 6.45. The van der Waals surface area contributed by atoms with E-state index in [1.807, 2.05) is 91.5 Å². The molecule has 0 saturated heterocycles. The van der Waals surface area contributed by atoms with Gasteiger partial charge >= 0.3 is 0 Å². The van der Waals surface area contributed by atoms with E-state index in [0.29, 0.717) is 35.8 Å². The van der Waals surface area contributed by atoms with Crippen LogP contribution >= 0.6 is 0 Å². The van der Waals surface area contributed by atoms with E-state index in [-0.39, 0.29) is 11.8 Å². The van der Waals surface area contributed by atoms with Gasteiger partial charge in [0, 0.05) is 49.7 Å². The summed E-state index contributed by atoms with van der Waals surface area (Å²) in [7, 11) is 3.96. The first kappa shape index (κ1) is 24.1. The molecule has 0 aliphatic carbocycles. The highest BCUT2D eigenvalue weighted by atomic mass is 16.2. The van der Waals surface area contributed by atoms with Gasteiger partial charge in [-0.15, -0.1) is 0 Å². The van der Waals surface area contributed by atoms with Gasteiger partial charge in [0.25, 0.3) is 11.8 Å². The van der Waals surface area contributed by atoms with Crippen molar-refractivity contribution in [3.8, 4) is 0 Å². The fourth-order valence-electron chi connectivity index (χ4n) is 3.85. The van der Waals surface area contributed by atoms with Gasteiger partial charge in [-0.3, -0.25) is 9.59 Å². The second kappa shape index (κ2) is 10.8. The number of carbonyl (C=O) groups excluding carboxylic acids is 2. The summed E-state index contributed by atoms with van der Waals surface area (Å²) < 4.78 is 0. The van der Waals surface area contributed by atoms with Crippen LogP contribution in [0.3, 0.4) is 0 Å². The van der Waals surface area contributed by atoms with Crippen molar-refractivity contribution in [3.63, 3.8) is 0 Å². The molecule has 2 amide bonds. The number of amides is 2. The van der Waals surface area contributed by atoms with E-state index in [9.17, 15) is 9.59 Å². The summed E-state index contributed by atoms with van der Waals surface area (Å²) in [5.74, 6) is 0.174. The van der Waals surface area contributed by atoms with E-state index in [2.05, 4.69) is 19.2 Å². The zero-order valence-electron chi connectivity index (χ0n) is 20.1. The van der Waals surface area contributed by atoms with Crippen LogP contribution in [0, 0.1) is 12.8 Å². The molecular weight excluding hydrogens is 410 g/mol. The smallest absolute Gasteiger partial charge is 0.255 e. The van der Waals surface area contributed by atoms with Gasteiger partial charge in [0.05, 0.1) is 0 Å². The van der Waals surface area contributed by atoms with E-state index < -0.39 is 0 Å². The Labute approximate surface area is 197 Å². The van der Waals surface area contributed by atoms with Gasteiger partial charge in [0.15, 0.2) is 0 Å². The van der Waals surface area contributed by atoms with Crippen molar-refractivity contribution < 1.29 is 9.59 Å². The van der Waals surface area contributed by atoms with E-state index in [0.717, 1.165) is 16.8 Å². The Bertz CT molecular complexity index is 1110. The molecule has 0 radical (unpaired) electrons. The number of benzene rings is 3. The second-order valence-corrected chi connectivity index (χ2v) is 9.01. The van der Waals surface area contributed by atoms with Crippen molar-refractivity contribution in [1.82, 2.24) is 4.90 Å². The van der Waals surface area contributed by atoms with Crippen molar-refractivity contribution >= 4 is 23.2 Å². The Morgan fingerprint density at radius 1 is 0.879 bits per heavy atom. The standard InChI is InChI=1S/C28H33N3O2/c1-20(2)18-31(28(33)23-13-9-10-21(3)16-23)19-24-17-25(14-15-26(24)30(4)5)29-27(32)22-11-7-6-8-12-22/h6-17,20H,18-19H2,1-5H3,(H,29,32). The number of aryl methyl sites for hydroxylation is 1. The summed E-state index contributed by atoms with van der Waals surface area (Å²) in [6.07, 6.45) is 0. The molecule has 0 fully saturated rings. The van der Waals surface area contributed by atoms with Crippen LogP contribution in [0.2, 0.25) is 0 Å². The molecule has 1 N–H and O–H groups in total. The molecule has 33 heavy (non-hydrogen) atoms. The second-order valence-electron chi connectivity index (χ2n) is 9.01. The number of nitrogens with one attached hydrogen (secondary N) is 1. The summed E-state index contributed by atoms with van der Waals surface area (Å²) in [5, 5.41) is 2.99. The molecule has 3 aromatic rings. The van der Waals surface area contributed by atoms with Gasteiger partial charge in [-0.05, 0) is 60.9 Å². The molecule has 3 rings (SSSR count). The summed E-state index contributed by atoms with van der Waals surface area (Å²) in [5.41, 5.74) is 5.05. The molecule has 5 nitrogen and oxygen atoms in total. The molecule has 0 aliphatic rings. The molecule has 0 atom stereocenters. The lowest BCUT2D eigenvalue weighted by Crippen LogP contribution is -2.34. The molecule has 0 aliphatic heterocycles. The zero-order chi connectivity index (χ0) is 24.0. The average Bonchev–Trinajstić information content (AvgIpc) is 2.78. The Morgan fingerprint density at radius 3 is 2.21 bits per heavy atom. The van der Waals surface area contributed by atoms with Crippen LogP contribution in [0.4, 0.5) is 11.4 Å². The number of carbonyl (C=O) groups is 2. The van der Waals surface area contributed by atoms with Gasteiger partial charge in [-0.25, -0.2) is 0 Å². The molecule has 5 heteroatoms. The minimum atomic E-state index is -0.158. The summed E-state index contributed by atoms with van der Waals surface area (Å²) in [6, 6.07) is 22.7. The Balaban J connectivity index is 1.91. The Hall–Kier alpha value is -3.60. The van der Waals surface area contributed by atoms with Crippen molar-refractivity contribution in [1.29, 1.82) is 0 Å². The third-order valence-corrected chi connectivity index (χ3v) is 5.35. The Morgan fingerprint density at radius 2 is 1.58 bits per heavy atom. The summed E-state index contributed by atoms with van der Waals surface area (Å²) in [6.45, 7) is 7.31. The van der Waals surface area contributed by atoms with E-state index in [4.69, 9.17) is 0 Å². The topological polar surface area (TPSA) is 52.7 Å². The number of hydrogen-bond donors (Lipinski definition) is 1. The van der Waals surface area contributed by atoms with Gasteiger partial charge in [0.2, 0.25) is 0 Å². The minimum Gasteiger partial charge on any atom is -0.377 e. The van der Waals surface area contributed by atoms with Gasteiger partial charge in [-0.1, -0.05) is 49.7 Å². The Kier molecular flexibility index (Phi) is 7.88. The largest absolute Gasteiger partial charge is 0.377 e. The molecule has 0 aromatic heterocycles. The van der Waals surface area contributed by atoms with Crippen molar-refractivity contribution in [2.75, 3.05) is 30.9 Å². The highest BCUT2D eigenvalue weighted by molar-refractivity contribution is 6.04. The van der Waals surface area contributed by atoms with Crippen LogP contribution in [0.15, 0.2) is 72.8 Å². The fraction of sp³-hybridized carbons (Fsp3) is 0.286. The van der Waals surface area contributed by atoms with Crippen molar-refractivity contribution in [3.05, 3.63) is 95.1 Å². The molecule has 172 valence electrons. The number of anilines is 2. The quantitative estimate of drug-likeness (QED) is 0.492. The number of nitrogens with zero attached hydrogens (tertiary/aromatic N) is 2. The predicted molar refractivity (Wildman–Crippen MR) is 136 cm³/mol. The average molecular weight is 444 g/mol. The molecule has 0 spiro atoms. The van der Waals surface area contributed by atoms with Gasteiger partial charge in [-0.2, -0.15) is 0 Å². The molecule has 0 bridgehead atoms. The van der Waals surface area contributed by atoms with Crippen LogP contribution in [0.25, 0.3) is 0 Å². The van der Waals surface area contributed by atoms with E-state index in [1.54, 1.807) is 12.1 Å². The lowest BCUT2D eigenvalue weighted by atomic mass is 10.1. The van der Waals surface area contributed by atoms with Crippen LogP contribution < -0.4 is 10.2 Å². The molecule has 0 saturated carbocycles. The van der Waals surface area contributed by atoms with Crippen LogP contribution in [0.1, 0.15) is 45.7 Å². The van der Waals surface area contributed by atoms with Crippen LogP contribution in [-0.2, 0) is 6.54 Å². The van der Waals surface area contributed by atoms with E-state index in [1.165, 1.54) is 0 Å². The lowest BCUT2D eigenvalue weighted by molar-refractivity contribution is 0.0722. The number of rotatable bonds is 8.